The molecule has 1 aromatic heterocycles. The van der Waals surface area contributed by atoms with Gasteiger partial charge in [0.2, 0.25) is 5.91 Å². The SMILES string of the molecule is CCCN1C(=O)[C@@H](Cc2nc3ccccc3c(=O)[nH]2)c2cc(C)ccc21. The number of carbonyl (C=O) groups excluding carboxylic acids is 1. The lowest BCUT2D eigenvalue weighted by Crippen LogP contribution is -2.30. The minimum Gasteiger partial charge on any atom is -0.312 e. The maximum atomic E-state index is 13.0. The lowest BCUT2D eigenvalue weighted by atomic mass is 9.95. The number of para-hydroxylation sites is 1. The van der Waals surface area contributed by atoms with Crippen LogP contribution in [0.3, 0.4) is 0 Å². The Bertz CT molecular complexity index is 1050. The Hall–Kier alpha value is -2.95. The normalized spacial score (nSPS) is 16.3. The van der Waals surface area contributed by atoms with Gasteiger partial charge in [0.25, 0.3) is 5.56 Å². The van der Waals surface area contributed by atoms with Crippen molar-refractivity contribution in [2.45, 2.75) is 32.6 Å². The minimum atomic E-state index is -0.305. The summed E-state index contributed by atoms with van der Waals surface area (Å²) in [6.45, 7) is 4.80. The van der Waals surface area contributed by atoms with Crippen LogP contribution in [0.5, 0.6) is 0 Å². The first kappa shape index (κ1) is 16.5. The highest BCUT2D eigenvalue weighted by molar-refractivity contribution is 6.05. The zero-order chi connectivity index (χ0) is 18.3. The number of aromatic amines is 1. The summed E-state index contributed by atoms with van der Waals surface area (Å²) in [5.41, 5.74) is 3.63. The van der Waals surface area contributed by atoms with E-state index in [2.05, 4.69) is 23.0 Å². The first-order chi connectivity index (χ1) is 12.6. The van der Waals surface area contributed by atoms with Crippen molar-refractivity contribution in [3.8, 4) is 0 Å². The first-order valence-corrected chi connectivity index (χ1v) is 8.98. The summed E-state index contributed by atoms with van der Waals surface area (Å²) < 4.78 is 0. The average Bonchev–Trinajstić information content (AvgIpc) is 2.87. The second-order valence-corrected chi connectivity index (χ2v) is 6.84. The Labute approximate surface area is 151 Å². The van der Waals surface area contributed by atoms with Crippen molar-refractivity contribution in [1.82, 2.24) is 9.97 Å². The van der Waals surface area contributed by atoms with Gasteiger partial charge >= 0.3 is 0 Å². The van der Waals surface area contributed by atoms with Crippen molar-refractivity contribution in [1.29, 1.82) is 0 Å². The van der Waals surface area contributed by atoms with Crippen LogP contribution in [-0.4, -0.2) is 22.4 Å². The molecular formula is C21H21N3O2. The van der Waals surface area contributed by atoms with E-state index in [1.807, 2.05) is 42.2 Å². The van der Waals surface area contributed by atoms with E-state index < -0.39 is 0 Å². The van der Waals surface area contributed by atoms with Crippen molar-refractivity contribution >= 4 is 22.5 Å². The standard InChI is InChI=1S/C21H21N3O2/c1-3-10-24-18-9-8-13(2)11-15(18)16(21(24)26)12-19-22-17-7-5-4-6-14(17)20(25)23-19/h4-9,11,16H,3,10,12H2,1-2H3,(H,22,23,25)/t16-/m0/s1. The maximum Gasteiger partial charge on any atom is 0.258 e. The van der Waals surface area contributed by atoms with Crippen LogP contribution in [0, 0.1) is 6.92 Å². The molecule has 0 aliphatic carbocycles. The Balaban J connectivity index is 1.76. The molecule has 0 saturated heterocycles. The molecule has 1 atom stereocenters. The summed E-state index contributed by atoms with van der Waals surface area (Å²) in [5.74, 6) is 0.335. The summed E-state index contributed by atoms with van der Waals surface area (Å²) in [4.78, 5) is 34.6. The first-order valence-electron chi connectivity index (χ1n) is 8.98. The smallest absolute Gasteiger partial charge is 0.258 e. The highest BCUT2D eigenvalue weighted by Gasteiger charge is 2.37. The van der Waals surface area contributed by atoms with E-state index in [1.165, 1.54) is 0 Å². The van der Waals surface area contributed by atoms with Crippen LogP contribution in [0.2, 0.25) is 0 Å². The summed E-state index contributed by atoms with van der Waals surface area (Å²) in [7, 11) is 0. The van der Waals surface area contributed by atoms with Gasteiger partial charge in [-0.3, -0.25) is 9.59 Å². The molecule has 1 amide bonds. The van der Waals surface area contributed by atoms with Gasteiger partial charge in [-0.15, -0.1) is 0 Å². The van der Waals surface area contributed by atoms with Crippen LogP contribution in [0.15, 0.2) is 47.3 Å². The van der Waals surface area contributed by atoms with Gasteiger partial charge in [0.05, 0.1) is 16.8 Å². The maximum absolute atomic E-state index is 13.0. The lowest BCUT2D eigenvalue weighted by molar-refractivity contribution is -0.119. The molecule has 5 heteroatoms. The number of carbonyl (C=O) groups is 1. The summed E-state index contributed by atoms with van der Waals surface area (Å²) in [6.07, 6.45) is 1.30. The second kappa shape index (κ2) is 6.41. The van der Waals surface area contributed by atoms with Gasteiger partial charge in [-0.05, 0) is 37.1 Å². The summed E-state index contributed by atoms with van der Waals surface area (Å²) >= 11 is 0. The molecule has 4 rings (SSSR count). The van der Waals surface area contributed by atoms with Crippen molar-refractivity contribution in [3.05, 3.63) is 69.8 Å². The van der Waals surface area contributed by atoms with Gasteiger partial charge in [0, 0.05) is 18.7 Å². The van der Waals surface area contributed by atoms with Crippen LogP contribution in [-0.2, 0) is 11.2 Å². The monoisotopic (exact) mass is 347 g/mol. The number of fused-ring (bicyclic) bond motifs is 2. The Morgan fingerprint density at radius 3 is 2.77 bits per heavy atom. The van der Waals surface area contributed by atoms with Crippen LogP contribution >= 0.6 is 0 Å². The molecule has 1 aliphatic heterocycles. The van der Waals surface area contributed by atoms with Gasteiger partial charge in [-0.25, -0.2) is 4.98 Å². The third-order valence-electron chi connectivity index (χ3n) is 4.92. The molecule has 0 saturated carbocycles. The van der Waals surface area contributed by atoms with E-state index in [1.54, 1.807) is 6.07 Å². The van der Waals surface area contributed by atoms with Crippen LogP contribution in [0.1, 0.15) is 36.2 Å². The van der Waals surface area contributed by atoms with Crippen LogP contribution in [0.25, 0.3) is 10.9 Å². The zero-order valence-corrected chi connectivity index (χ0v) is 15.0. The number of H-pyrrole nitrogens is 1. The van der Waals surface area contributed by atoms with Gasteiger partial charge < -0.3 is 9.88 Å². The number of aryl methyl sites for hydroxylation is 1. The van der Waals surface area contributed by atoms with Gasteiger partial charge in [-0.1, -0.05) is 36.8 Å². The van der Waals surface area contributed by atoms with E-state index in [0.717, 1.165) is 23.2 Å². The summed E-state index contributed by atoms with van der Waals surface area (Å²) in [5, 5.41) is 0.567. The molecule has 0 spiro atoms. The van der Waals surface area contributed by atoms with Crippen molar-refractivity contribution in [3.63, 3.8) is 0 Å². The highest BCUT2D eigenvalue weighted by atomic mass is 16.2. The fourth-order valence-electron chi connectivity index (χ4n) is 3.72. The second-order valence-electron chi connectivity index (χ2n) is 6.84. The Kier molecular flexibility index (Phi) is 4.07. The van der Waals surface area contributed by atoms with Crippen molar-refractivity contribution < 1.29 is 4.79 Å². The van der Waals surface area contributed by atoms with Crippen molar-refractivity contribution in [2.75, 3.05) is 11.4 Å². The van der Waals surface area contributed by atoms with Crippen LogP contribution in [0.4, 0.5) is 5.69 Å². The number of nitrogens with zero attached hydrogens (tertiary/aromatic N) is 2. The fourth-order valence-corrected chi connectivity index (χ4v) is 3.72. The van der Waals surface area contributed by atoms with Gasteiger partial charge in [0.15, 0.2) is 0 Å². The van der Waals surface area contributed by atoms with E-state index in [0.29, 0.717) is 29.7 Å². The van der Waals surface area contributed by atoms with Crippen LogP contribution < -0.4 is 10.5 Å². The average molecular weight is 347 g/mol. The molecule has 0 unspecified atom stereocenters. The minimum absolute atomic E-state index is 0.0863. The number of anilines is 1. The predicted octanol–water partition coefficient (Wildman–Crippen LogP) is 3.31. The summed E-state index contributed by atoms with van der Waals surface area (Å²) in [6, 6.07) is 13.4. The molecule has 0 fully saturated rings. The Morgan fingerprint density at radius 1 is 1.15 bits per heavy atom. The van der Waals surface area contributed by atoms with E-state index in [9.17, 15) is 9.59 Å². The highest BCUT2D eigenvalue weighted by Crippen LogP contribution is 2.39. The number of hydrogen-bond acceptors (Lipinski definition) is 3. The molecule has 0 bridgehead atoms. The molecule has 26 heavy (non-hydrogen) atoms. The number of nitrogens with one attached hydrogen (secondary N) is 1. The third-order valence-corrected chi connectivity index (χ3v) is 4.92. The molecular weight excluding hydrogens is 326 g/mol. The molecule has 1 N–H and O–H groups in total. The zero-order valence-electron chi connectivity index (χ0n) is 15.0. The predicted molar refractivity (Wildman–Crippen MR) is 103 cm³/mol. The number of amides is 1. The van der Waals surface area contributed by atoms with Gasteiger partial charge in [-0.2, -0.15) is 0 Å². The lowest BCUT2D eigenvalue weighted by Gasteiger charge is -2.17. The van der Waals surface area contributed by atoms with E-state index in [4.69, 9.17) is 0 Å². The molecule has 2 heterocycles. The number of aromatic nitrogens is 2. The Morgan fingerprint density at radius 2 is 1.96 bits per heavy atom. The van der Waals surface area contributed by atoms with E-state index in [-0.39, 0.29) is 17.4 Å². The molecule has 2 aromatic carbocycles. The third kappa shape index (κ3) is 2.69. The topological polar surface area (TPSA) is 66.1 Å². The molecule has 5 nitrogen and oxygen atoms in total. The van der Waals surface area contributed by atoms with E-state index >= 15 is 0 Å². The molecule has 0 radical (unpaired) electrons. The molecule has 1 aliphatic rings. The quantitative estimate of drug-likeness (QED) is 0.787. The number of benzene rings is 2. The number of hydrogen-bond donors (Lipinski definition) is 1. The fraction of sp³-hybridized carbons (Fsp3) is 0.286. The largest absolute Gasteiger partial charge is 0.312 e. The molecule has 132 valence electrons. The molecule has 3 aromatic rings. The number of rotatable bonds is 4. The van der Waals surface area contributed by atoms with Crippen molar-refractivity contribution in [2.24, 2.45) is 0 Å². The van der Waals surface area contributed by atoms with Gasteiger partial charge in [0.1, 0.15) is 5.82 Å².